The van der Waals surface area contributed by atoms with Crippen LogP contribution in [0.1, 0.15) is 52.8 Å². The SMILES string of the molecule is C/C(=C\c1ccc(/C=C/c2ccc(N(c3ccc(C)cc3)c3ccc(/C=C/c4ccc(/C=C(\C)C(=O)O)cc4)cc3)cc2)cc1)C(=O)O. The topological polar surface area (TPSA) is 77.8 Å². The van der Waals surface area contributed by atoms with Crippen molar-refractivity contribution < 1.29 is 19.8 Å². The number of carboxylic acids is 2. The standard InChI is InChI=1S/C43H37NO4/c1-30-4-22-39(23-5-30)44(40-24-18-35(19-25-40)8-6-33-10-14-37(15-11-33)28-31(2)42(45)46)41-26-20-36(21-27-41)9-7-34-12-16-38(17-13-34)29-32(3)43(47)48/h4-29H,1-3H3,(H,45,46)(H,47,48)/b8-6+,9-7+,31-28+,32-29+. The highest BCUT2D eigenvalue weighted by atomic mass is 16.4. The third-order valence-electron chi connectivity index (χ3n) is 7.85. The minimum absolute atomic E-state index is 0.300. The van der Waals surface area contributed by atoms with Gasteiger partial charge in [0.2, 0.25) is 0 Å². The molecule has 0 bridgehead atoms. The molecule has 0 unspecified atom stereocenters. The maximum absolute atomic E-state index is 11.1. The maximum Gasteiger partial charge on any atom is 0.331 e. The Morgan fingerprint density at radius 1 is 0.438 bits per heavy atom. The van der Waals surface area contributed by atoms with Gasteiger partial charge >= 0.3 is 11.9 Å². The van der Waals surface area contributed by atoms with Crippen LogP contribution < -0.4 is 4.90 Å². The number of carboxylic acid groups (broad SMARTS) is 2. The summed E-state index contributed by atoms with van der Waals surface area (Å²) in [4.78, 5) is 24.4. The van der Waals surface area contributed by atoms with E-state index in [0.717, 1.165) is 50.4 Å². The summed E-state index contributed by atoms with van der Waals surface area (Å²) in [6.45, 7) is 5.26. The highest BCUT2D eigenvalue weighted by molar-refractivity contribution is 5.92. The molecule has 48 heavy (non-hydrogen) atoms. The molecule has 0 heterocycles. The molecule has 0 radical (unpaired) electrons. The molecule has 0 amide bonds. The number of aliphatic carboxylic acids is 2. The lowest BCUT2D eigenvalue weighted by molar-refractivity contribution is -0.133. The van der Waals surface area contributed by atoms with E-state index >= 15 is 0 Å². The molecule has 0 fully saturated rings. The number of rotatable bonds is 11. The van der Waals surface area contributed by atoms with Crippen LogP contribution in [-0.2, 0) is 9.59 Å². The van der Waals surface area contributed by atoms with Gasteiger partial charge in [0.15, 0.2) is 0 Å². The van der Waals surface area contributed by atoms with Gasteiger partial charge in [-0.3, -0.25) is 0 Å². The Labute approximate surface area is 281 Å². The molecule has 0 saturated carbocycles. The van der Waals surface area contributed by atoms with Crippen molar-refractivity contribution in [2.75, 3.05) is 4.90 Å². The minimum Gasteiger partial charge on any atom is -0.478 e. The molecule has 238 valence electrons. The Morgan fingerprint density at radius 2 is 0.688 bits per heavy atom. The Bertz CT molecular complexity index is 1870. The molecule has 0 aliphatic carbocycles. The van der Waals surface area contributed by atoms with Gasteiger partial charge in [-0.1, -0.05) is 115 Å². The van der Waals surface area contributed by atoms with E-state index in [9.17, 15) is 9.59 Å². The zero-order chi connectivity index (χ0) is 34.0. The van der Waals surface area contributed by atoms with Gasteiger partial charge in [0.1, 0.15) is 0 Å². The van der Waals surface area contributed by atoms with Gasteiger partial charge in [0.25, 0.3) is 0 Å². The van der Waals surface area contributed by atoms with Crippen molar-refractivity contribution in [3.05, 3.63) is 171 Å². The van der Waals surface area contributed by atoms with Gasteiger partial charge in [0.05, 0.1) is 0 Å². The third kappa shape index (κ3) is 8.95. The summed E-state index contributed by atoms with van der Waals surface area (Å²) < 4.78 is 0. The Kier molecular flexibility index (Phi) is 10.6. The summed E-state index contributed by atoms with van der Waals surface area (Å²) in [6.07, 6.45) is 11.5. The van der Waals surface area contributed by atoms with Crippen molar-refractivity contribution in [3.8, 4) is 0 Å². The van der Waals surface area contributed by atoms with Gasteiger partial charge < -0.3 is 15.1 Å². The van der Waals surface area contributed by atoms with Crippen molar-refractivity contribution >= 4 is 65.5 Å². The number of hydrogen-bond acceptors (Lipinski definition) is 3. The number of aryl methyl sites for hydroxylation is 1. The van der Waals surface area contributed by atoms with Crippen molar-refractivity contribution in [3.63, 3.8) is 0 Å². The highest BCUT2D eigenvalue weighted by Gasteiger charge is 2.12. The van der Waals surface area contributed by atoms with Gasteiger partial charge in [-0.2, -0.15) is 0 Å². The highest BCUT2D eigenvalue weighted by Crippen LogP contribution is 2.35. The average molecular weight is 632 g/mol. The summed E-state index contributed by atoms with van der Waals surface area (Å²) in [6, 6.07) is 40.9. The Balaban J connectivity index is 1.32. The van der Waals surface area contributed by atoms with E-state index in [-0.39, 0.29) is 0 Å². The fourth-order valence-electron chi connectivity index (χ4n) is 5.03. The van der Waals surface area contributed by atoms with E-state index in [2.05, 4.69) is 96.8 Å². The lowest BCUT2D eigenvalue weighted by Gasteiger charge is -2.26. The lowest BCUT2D eigenvalue weighted by Crippen LogP contribution is -2.09. The van der Waals surface area contributed by atoms with E-state index in [1.54, 1.807) is 26.0 Å². The van der Waals surface area contributed by atoms with Crippen LogP contribution in [0.25, 0.3) is 36.5 Å². The van der Waals surface area contributed by atoms with Crippen molar-refractivity contribution in [2.45, 2.75) is 20.8 Å². The molecule has 5 aromatic rings. The Morgan fingerprint density at radius 3 is 0.979 bits per heavy atom. The van der Waals surface area contributed by atoms with Gasteiger partial charge in [-0.25, -0.2) is 9.59 Å². The average Bonchev–Trinajstić information content (AvgIpc) is 3.09. The molecule has 0 atom stereocenters. The van der Waals surface area contributed by atoms with E-state index < -0.39 is 11.9 Å². The van der Waals surface area contributed by atoms with E-state index in [1.165, 1.54) is 5.56 Å². The number of anilines is 3. The van der Waals surface area contributed by atoms with Gasteiger partial charge in [0, 0.05) is 28.2 Å². The van der Waals surface area contributed by atoms with Crippen LogP contribution in [0.3, 0.4) is 0 Å². The van der Waals surface area contributed by atoms with E-state index in [4.69, 9.17) is 10.2 Å². The van der Waals surface area contributed by atoms with E-state index in [1.807, 2.05) is 60.7 Å². The monoisotopic (exact) mass is 631 g/mol. The minimum atomic E-state index is -0.919. The molecule has 0 saturated heterocycles. The van der Waals surface area contributed by atoms with Crippen LogP contribution in [0.5, 0.6) is 0 Å². The zero-order valence-electron chi connectivity index (χ0n) is 27.2. The first kappa shape index (κ1) is 33.2. The molecular formula is C43H37NO4. The summed E-state index contributed by atoms with van der Waals surface area (Å²) in [5.74, 6) is -1.84. The number of hydrogen-bond donors (Lipinski definition) is 2. The smallest absolute Gasteiger partial charge is 0.331 e. The second-order valence-corrected chi connectivity index (χ2v) is 11.6. The number of nitrogens with zero attached hydrogens (tertiary/aromatic N) is 1. The van der Waals surface area contributed by atoms with Crippen molar-refractivity contribution in [2.24, 2.45) is 0 Å². The molecule has 5 aromatic carbocycles. The van der Waals surface area contributed by atoms with Crippen molar-refractivity contribution in [1.82, 2.24) is 0 Å². The largest absolute Gasteiger partial charge is 0.478 e. The molecule has 5 nitrogen and oxygen atoms in total. The first-order chi connectivity index (χ1) is 23.1. The molecule has 5 heteroatoms. The molecule has 0 aliphatic heterocycles. The number of benzene rings is 5. The fraction of sp³-hybridized carbons (Fsp3) is 0.0698. The summed E-state index contributed by atoms with van der Waals surface area (Å²) in [5, 5.41) is 18.2. The van der Waals surface area contributed by atoms with Gasteiger partial charge in [-0.15, -0.1) is 0 Å². The van der Waals surface area contributed by atoms with E-state index in [0.29, 0.717) is 11.1 Å². The first-order valence-corrected chi connectivity index (χ1v) is 15.6. The first-order valence-electron chi connectivity index (χ1n) is 15.6. The lowest BCUT2D eigenvalue weighted by atomic mass is 10.1. The quantitative estimate of drug-likeness (QED) is 0.112. The maximum atomic E-state index is 11.1. The third-order valence-corrected chi connectivity index (χ3v) is 7.85. The normalized spacial score (nSPS) is 12.1. The molecular weight excluding hydrogens is 594 g/mol. The van der Waals surface area contributed by atoms with Gasteiger partial charge in [-0.05, 0) is 103 Å². The number of carbonyl (C=O) groups is 2. The Hall–Kier alpha value is -6.20. The fourth-order valence-corrected chi connectivity index (χ4v) is 5.03. The van der Waals surface area contributed by atoms with Crippen LogP contribution in [0.4, 0.5) is 17.1 Å². The zero-order valence-corrected chi connectivity index (χ0v) is 27.2. The second-order valence-electron chi connectivity index (χ2n) is 11.6. The van der Waals surface area contributed by atoms with Crippen LogP contribution in [-0.4, -0.2) is 22.2 Å². The van der Waals surface area contributed by atoms with Crippen LogP contribution in [0.15, 0.2) is 132 Å². The summed E-state index contributed by atoms with van der Waals surface area (Å²) >= 11 is 0. The summed E-state index contributed by atoms with van der Waals surface area (Å²) in [5.41, 5.74) is 10.8. The molecule has 0 aromatic heterocycles. The molecule has 0 spiro atoms. The van der Waals surface area contributed by atoms with Crippen LogP contribution in [0.2, 0.25) is 0 Å². The predicted molar refractivity (Wildman–Crippen MR) is 199 cm³/mol. The second kappa shape index (κ2) is 15.4. The summed E-state index contributed by atoms with van der Waals surface area (Å²) in [7, 11) is 0. The molecule has 0 aliphatic rings. The molecule has 5 rings (SSSR count). The van der Waals surface area contributed by atoms with Crippen molar-refractivity contribution in [1.29, 1.82) is 0 Å². The van der Waals surface area contributed by atoms with Crippen LogP contribution >= 0.6 is 0 Å². The molecule has 2 N–H and O–H groups in total. The predicted octanol–water partition coefficient (Wildman–Crippen LogP) is 10.8. The van der Waals surface area contributed by atoms with Crippen LogP contribution in [0, 0.1) is 6.92 Å².